The summed E-state index contributed by atoms with van der Waals surface area (Å²) in [4.78, 5) is 28.2. The number of ether oxygens (including phenoxy) is 2. The first-order chi connectivity index (χ1) is 12.8. The Balaban J connectivity index is 1.79. The largest absolute Gasteiger partial charge is 0.493 e. The Hall–Kier alpha value is -2.61. The number of hydrogen-bond donors (Lipinski definition) is 2. The van der Waals surface area contributed by atoms with Crippen molar-refractivity contribution in [2.75, 3.05) is 20.2 Å². The van der Waals surface area contributed by atoms with Crippen molar-refractivity contribution < 1.29 is 19.1 Å². The van der Waals surface area contributed by atoms with Crippen molar-refractivity contribution in [1.82, 2.24) is 15.6 Å². The van der Waals surface area contributed by atoms with Crippen molar-refractivity contribution in [1.29, 1.82) is 0 Å². The molecule has 0 saturated carbocycles. The second kappa shape index (κ2) is 9.36. The van der Waals surface area contributed by atoms with Gasteiger partial charge in [-0.05, 0) is 12.1 Å². The van der Waals surface area contributed by atoms with Gasteiger partial charge in [0.1, 0.15) is 17.3 Å². The summed E-state index contributed by atoms with van der Waals surface area (Å²) in [7, 11) is 1.58. The lowest BCUT2D eigenvalue weighted by Gasteiger charge is -2.17. The van der Waals surface area contributed by atoms with Crippen LogP contribution in [0.15, 0.2) is 29.6 Å². The molecule has 2 amide bonds. The summed E-state index contributed by atoms with van der Waals surface area (Å²) in [6.07, 6.45) is 0. The zero-order valence-corrected chi connectivity index (χ0v) is 16.8. The van der Waals surface area contributed by atoms with Crippen LogP contribution in [0.1, 0.15) is 36.3 Å². The summed E-state index contributed by atoms with van der Waals surface area (Å²) < 4.78 is 10.9. The molecule has 0 saturated heterocycles. The van der Waals surface area contributed by atoms with Gasteiger partial charge in [0, 0.05) is 23.9 Å². The molecule has 0 atom stereocenters. The summed E-state index contributed by atoms with van der Waals surface area (Å²) in [5.41, 5.74) is -0.115. The zero-order valence-electron chi connectivity index (χ0n) is 16.0. The molecule has 27 heavy (non-hydrogen) atoms. The van der Waals surface area contributed by atoms with Gasteiger partial charge in [-0.15, -0.1) is 11.3 Å². The standard InChI is InChI=1S/C19H25N3O4S/c1-19(2,3)18(24)21-10-9-20-17(23)13-12-27-16(22-13)11-26-15-8-6-5-7-14(15)25-4/h5-8,12H,9-11H2,1-4H3,(H,20,23)(H,21,24). The number of carbonyl (C=O) groups is 2. The molecule has 2 N–H and O–H groups in total. The monoisotopic (exact) mass is 391 g/mol. The molecule has 7 nitrogen and oxygen atoms in total. The highest BCUT2D eigenvalue weighted by molar-refractivity contribution is 7.09. The maximum atomic E-state index is 12.1. The van der Waals surface area contributed by atoms with Crippen LogP contribution in [0.3, 0.4) is 0 Å². The molecule has 0 bridgehead atoms. The third-order valence-corrected chi connectivity index (χ3v) is 4.40. The third kappa shape index (κ3) is 6.25. The molecule has 0 spiro atoms. The van der Waals surface area contributed by atoms with E-state index in [0.29, 0.717) is 35.3 Å². The van der Waals surface area contributed by atoms with Crippen molar-refractivity contribution in [3.05, 3.63) is 40.3 Å². The highest BCUT2D eigenvalue weighted by Crippen LogP contribution is 2.27. The first-order valence-corrected chi connectivity index (χ1v) is 9.46. The van der Waals surface area contributed by atoms with Crippen LogP contribution >= 0.6 is 11.3 Å². The predicted octanol–water partition coefficient (Wildman–Crippen LogP) is 2.62. The number of para-hydroxylation sites is 2. The smallest absolute Gasteiger partial charge is 0.270 e. The average Bonchev–Trinajstić information content (AvgIpc) is 3.11. The van der Waals surface area contributed by atoms with E-state index in [1.165, 1.54) is 11.3 Å². The normalized spacial score (nSPS) is 11.0. The number of amides is 2. The Bertz CT molecular complexity index is 783. The summed E-state index contributed by atoms with van der Waals surface area (Å²) in [6.45, 7) is 6.47. The maximum absolute atomic E-state index is 12.1. The van der Waals surface area contributed by atoms with E-state index in [1.54, 1.807) is 12.5 Å². The summed E-state index contributed by atoms with van der Waals surface area (Å²) in [5, 5.41) is 7.89. The number of nitrogens with one attached hydrogen (secondary N) is 2. The van der Waals surface area contributed by atoms with E-state index in [4.69, 9.17) is 9.47 Å². The van der Waals surface area contributed by atoms with Crippen LogP contribution in [-0.4, -0.2) is 37.0 Å². The third-order valence-electron chi connectivity index (χ3n) is 3.58. The molecule has 0 fully saturated rings. The molecule has 1 aromatic heterocycles. The molecular weight excluding hydrogens is 366 g/mol. The fraction of sp³-hybridized carbons (Fsp3) is 0.421. The molecule has 8 heteroatoms. The van der Waals surface area contributed by atoms with E-state index in [9.17, 15) is 9.59 Å². The average molecular weight is 391 g/mol. The first-order valence-electron chi connectivity index (χ1n) is 8.58. The van der Waals surface area contributed by atoms with Crippen molar-refractivity contribution >= 4 is 23.2 Å². The molecule has 1 aromatic carbocycles. The fourth-order valence-electron chi connectivity index (χ4n) is 2.07. The minimum absolute atomic E-state index is 0.0545. The van der Waals surface area contributed by atoms with Gasteiger partial charge in [-0.3, -0.25) is 9.59 Å². The predicted molar refractivity (Wildman–Crippen MR) is 104 cm³/mol. The van der Waals surface area contributed by atoms with Crippen LogP contribution in [0.2, 0.25) is 0 Å². The topological polar surface area (TPSA) is 89.6 Å². The minimum Gasteiger partial charge on any atom is -0.493 e. The highest BCUT2D eigenvalue weighted by atomic mass is 32.1. The number of carbonyl (C=O) groups excluding carboxylic acids is 2. The van der Waals surface area contributed by atoms with E-state index in [1.807, 2.05) is 45.0 Å². The molecule has 2 aromatic rings. The van der Waals surface area contributed by atoms with Gasteiger partial charge >= 0.3 is 0 Å². The van der Waals surface area contributed by atoms with E-state index in [2.05, 4.69) is 15.6 Å². The lowest BCUT2D eigenvalue weighted by atomic mass is 9.96. The second-order valence-corrected chi connectivity index (χ2v) is 7.77. The van der Waals surface area contributed by atoms with E-state index in [-0.39, 0.29) is 18.4 Å². The van der Waals surface area contributed by atoms with Gasteiger partial charge in [0.25, 0.3) is 5.91 Å². The van der Waals surface area contributed by atoms with Gasteiger partial charge in [0.2, 0.25) is 5.91 Å². The number of benzene rings is 1. The fourth-order valence-corrected chi connectivity index (χ4v) is 2.75. The maximum Gasteiger partial charge on any atom is 0.270 e. The van der Waals surface area contributed by atoms with Crippen LogP contribution in [0, 0.1) is 5.41 Å². The van der Waals surface area contributed by atoms with Gasteiger partial charge in [-0.25, -0.2) is 4.98 Å². The van der Waals surface area contributed by atoms with Crippen LogP contribution in [0.4, 0.5) is 0 Å². The number of hydrogen-bond acceptors (Lipinski definition) is 6. The Kier molecular flexibility index (Phi) is 7.18. The van der Waals surface area contributed by atoms with Gasteiger partial charge in [0.15, 0.2) is 11.5 Å². The number of thiazole rings is 1. The van der Waals surface area contributed by atoms with Crippen LogP contribution < -0.4 is 20.1 Å². The number of aromatic nitrogens is 1. The van der Waals surface area contributed by atoms with Crippen LogP contribution in [-0.2, 0) is 11.4 Å². The number of nitrogens with zero attached hydrogens (tertiary/aromatic N) is 1. The van der Waals surface area contributed by atoms with E-state index in [0.717, 1.165) is 0 Å². The second-order valence-electron chi connectivity index (χ2n) is 6.83. The Morgan fingerprint density at radius 2 is 1.78 bits per heavy atom. The molecular formula is C19H25N3O4S. The lowest BCUT2D eigenvalue weighted by molar-refractivity contribution is -0.128. The number of rotatable bonds is 8. The van der Waals surface area contributed by atoms with Gasteiger partial charge in [0.05, 0.1) is 7.11 Å². The first kappa shape index (κ1) is 20.7. The molecule has 0 unspecified atom stereocenters. The van der Waals surface area contributed by atoms with Crippen molar-refractivity contribution in [3.8, 4) is 11.5 Å². The summed E-state index contributed by atoms with van der Waals surface area (Å²) in [5.74, 6) is 0.932. The molecule has 0 aliphatic heterocycles. The Labute approximate surface area is 163 Å². The molecule has 0 aliphatic carbocycles. The SMILES string of the molecule is COc1ccccc1OCc1nc(C(=O)NCCNC(=O)C(C)(C)C)cs1. The Morgan fingerprint density at radius 1 is 1.11 bits per heavy atom. The molecule has 0 aliphatic rings. The Morgan fingerprint density at radius 3 is 2.44 bits per heavy atom. The quantitative estimate of drug-likeness (QED) is 0.675. The van der Waals surface area contributed by atoms with Gasteiger partial charge in [-0.1, -0.05) is 32.9 Å². The van der Waals surface area contributed by atoms with Crippen molar-refractivity contribution in [2.24, 2.45) is 5.41 Å². The van der Waals surface area contributed by atoms with Crippen molar-refractivity contribution in [3.63, 3.8) is 0 Å². The molecule has 146 valence electrons. The van der Waals surface area contributed by atoms with Gasteiger partial charge in [-0.2, -0.15) is 0 Å². The van der Waals surface area contributed by atoms with Crippen molar-refractivity contribution in [2.45, 2.75) is 27.4 Å². The number of methoxy groups -OCH3 is 1. The van der Waals surface area contributed by atoms with E-state index >= 15 is 0 Å². The van der Waals surface area contributed by atoms with Crippen LogP contribution in [0.25, 0.3) is 0 Å². The molecule has 2 rings (SSSR count). The van der Waals surface area contributed by atoms with Gasteiger partial charge < -0.3 is 20.1 Å². The van der Waals surface area contributed by atoms with E-state index < -0.39 is 5.41 Å². The zero-order chi connectivity index (χ0) is 19.9. The lowest BCUT2D eigenvalue weighted by Crippen LogP contribution is -2.39. The highest BCUT2D eigenvalue weighted by Gasteiger charge is 2.20. The summed E-state index contributed by atoms with van der Waals surface area (Å²) >= 11 is 1.35. The minimum atomic E-state index is -0.449. The van der Waals surface area contributed by atoms with Crippen LogP contribution in [0.5, 0.6) is 11.5 Å². The summed E-state index contributed by atoms with van der Waals surface area (Å²) in [6, 6.07) is 7.35. The molecule has 1 heterocycles. The molecule has 0 radical (unpaired) electrons.